The Bertz CT molecular complexity index is 481. The van der Waals surface area contributed by atoms with Gasteiger partial charge in [0.15, 0.2) is 5.65 Å². The lowest BCUT2D eigenvalue weighted by Crippen LogP contribution is -1.96. The molecule has 0 bridgehead atoms. The van der Waals surface area contributed by atoms with Crippen LogP contribution in [0.5, 0.6) is 0 Å². The minimum Gasteiger partial charge on any atom is -0.378 e. The lowest BCUT2D eigenvalue weighted by molar-refractivity contribution is 0.181. The maximum atomic E-state index is 6.07. The fraction of sp³-hybridized carbons (Fsp3) is 0.400. The first-order valence-electron chi connectivity index (χ1n) is 4.77. The largest absolute Gasteiger partial charge is 0.378 e. The monoisotopic (exact) mass is 225 g/mol. The standard InChI is InChI=1S/C10H12ClN3O/c1-3-7-4-9(11)14-10(12-7)5-8(13-14)6-15-2/h4-5H,3,6H2,1-2H3. The first kappa shape index (κ1) is 10.4. The van der Waals surface area contributed by atoms with Gasteiger partial charge in [-0.25, -0.2) is 9.50 Å². The third kappa shape index (κ3) is 1.96. The van der Waals surface area contributed by atoms with Gasteiger partial charge in [0.05, 0.1) is 12.3 Å². The molecule has 0 radical (unpaired) electrons. The summed E-state index contributed by atoms with van der Waals surface area (Å²) in [7, 11) is 1.64. The Morgan fingerprint density at radius 2 is 2.20 bits per heavy atom. The maximum Gasteiger partial charge on any atom is 0.157 e. The molecule has 0 aliphatic rings. The van der Waals surface area contributed by atoms with Gasteiger partial charge in [-0.3, -0.25) is 0 Å². The Kier molecular flexibility index (Phi) is 2.88. The SMILES string of the molecule is CCc1cc(Cl)n2nc(COC)cc2n1. The second-order valence-electron chi connectivity index (χ2n) is 3.26. The van der Waals surface area contributed by atoms with Crippen molar-refractivity contribution in [2.45, 2.75) is 20.0 Å². The first-order chi connectivity index (χ1) is 7.24. The van der Waals surface area contributed by atoms with Gasteiger partial charge in [-0.15, -0.1) is 0 Å². The number of methoxy groups -OCH3 is 1. The Morgan fingerprint density at radius 3 is 2.87 bits per heavy atom. The van der Waals surface area contributed by atoms with Crippen molar-refractivity contribution >= 4 is 17.2 Å². The van der Waals surface area contributed by atoms with Crippen LogP contribution in [-0.2, 0) is 17.8 Å². The number of fused-ring (bicyclic) bond motifs is 1. The minimum absolute atomic E-state index is 0.473. The van der Waals surface area contributed by atoms with Crippen molar-refractivity contribution in [2.75, 3.05) is 7.11 Å². The fourth-order valence-electron chi connectivity index (χ4n) is 1.43. The molecule has 0 saturated carbocycles. The molecule has 0 aliphatic heterocycles. The van der Waals surface area contributed by atoms with Crippen LogP contribution in [0.2, 0.25) is 5.15 Å². The molecule has 2 aromatic heterocycles. The van der Waals surface area contributed by atoms with Crippen LogP contribution in [0.1, 0.15) is 18.3 Å². The third-order valence-corrected chi connectivity index (χ3v) is 2.41. The fourth-order valence-corrected chi connectivity index (χ4v) is 1.68. The molecule has 2 rings (SSSR count). The molecular weight excluding hydrogens is 214 g/mol. The predicted molar refractivity (Wildman–Crippen MR) is 58.1 cm³/mol. The van der Waals surface area contributed by atoms with Crippen molar-refractivity contribution in [2.24, 2.45) is 0 Å². The van der Waals surface area contributed by atoms with Crippen LogP contribution in [-0.4, -0.2) is 21.7 Å². The zero-order valence-electron chi connectivity index (χ0n) is 8.70. The Morgan fingerprint density at radius 1 is 1.40 bits per heavy atom. The summed E-state index contributed by atoms with van der Waals surface area (Å²) in [6, 6.07) is 3.71. The normalized spacial score (nSPS) is 11.1. The van der Waals surface area contributed by atoms with Crippen LogP contribution in [0, 0.1) is 0 Å². The van der Waals surface area contributed by atoms with Crippen LogP contribution in [0.3, 0.4) is 0 Å². The summed E-state index contributed by atoms with van der Waals surface area (Å²) in [4.78, 5) is 4.42. The van der Waals surface area contributed by atoms with Crippen LogP contribution in [0.25, 0.3) is 5.65 Å². The molecule has 4 nitrogen and oxygen atoms in total. The molecule has 80 valence electrons. The Hall–Kier alpha value is -1.13. The summed E-state index contributed by atoms with van der Waals surface area (Å²) in [6.07, 6.45) is 0.862. The van der Waals surface area contributed by atoms with Gasteiger partial charge >= 0.3 is 0 Å². The summed E-state index contributed by atoms with van der Waals surface area (Å²) >= 11 is 6.07. The van der Waals surface area contributed by atoms with Crippen molar-refractivity contribution in [3.8, 4) is 0 Å². The van der Waals surface area contributed by atoms with E-state index < -0.39 is 0 Å². The summed E-state index contributed by atoms with van der Waals surface area (Å²) in [5.74, 6) is 0. The molecule has 0 atom stereocenters. The van der Waals surface area contributed by atoms with Gasteiger partial charge in [-0.1, -0.05) is 18.5 Å². The van der Waals surface area contributed by atoms with Crippen molar-refractivity contribution in [1.29, 1.82) is 0 Å². The molecule has 0 fully saturated rings. The molecular formula is C10H12ClN3O. The molecule has 0 spiro atoms. The van der Waals surface area contributed by atoms with E-state index in [1.54, 1.807) is 11.6 Å². The van der Waals surface area contributed by atoms with Gasteiger partial charge in [-0.05, 0) is 12.5 Å². The summed E-state index contributed by atoms with van der Waals surface area (Å²) in [6.45, 7) is 2.52. The summed E-state index contributed by atoms with van der Waals surface area (Å²) in [5, 5.41) is 4.86. The number of ether oxygens (including phenoxy) is 1. The second-order valence-corrected chi connectivity index (χ2v) is 3.65. The van der Waals surface area contributed by atoms with Gasteiger partial charge in [0.2, 0.25) is 0 Å². The van der Waals surface area contributed by atoms with E-state index in [0.29, 0.717) is 11.8 Å². The second kappa shape index (κ2) is 4.16. The van der Waals surface area contributed by atoms with E-state index in [2.05, 4.69) is 10.1 Å². The molecule has 2 heterocycles. The highest BCUT2D eigenvalue weighted by molar-refractivity contribution is 6.29. The quantitative estimate of drug-likeness (QED) is 0.751. The van der Waals surface area contributed by atoms with E-state index in [-0.39, 0.29) is 0 Å². The van der Waals surface area contributed by atoms with Gasteiger partial charge in [0.1, 0.15) is 5.15 Å². The molecule has 15 heavy (non-hydrogen) atoms. The molecule has 2 aromatic rings. The van der Waals surface area contributed by atoms with Gasteiger partial charge in [0, 0.05) is 18.9 Å². The van der Waals surface area contributed by atoms with Gasteiger partial charge in [-0.2, -0.15) is 5.10 Å². The van der Waals surface area contributed by atoms with Crippen molar-refractivity contribution in [3.05, 3.63) is 28.7 Å². The average molecular weight is 226 g/mol. The molecule has 0 amide bonds. The molecule has 0 aliphatic carbocycles. The topological polar surface area (TPSA) is 39.4 Å². The van der Waals surface area contributed by atoms with Crippen LogP contribution < -0.4 is 0 Å². The Labute approximate surface area is 92.8 Å². The maximum absolute atomic E-state index is 6.07. The smallest absolute Gasteiger partial charge is 0.157 e. The zero-order chi connectivity index (χ0) is 10.8. The minimum atomic E-state index is 0.473. The lowest BCUT2D eigenvalue weighted by Gasteiger charge is -1.99. The van der Waals surface area contributed by atoms with Crippen LogP contribution in [0.4, 0.5) is 0 Å². The van der Waals surface area contributed by atoms with Crippen molar-refractivity contribution < 1.29 is 4.74 Å². The van der Waals surface area contributed by atoms with Crippen molar-refractivity contribution in [1.82, 2.24) is 14.6 Å². The third-order valence-electron chi connectivity index (χ3n) is 2.14. The average Bonchev–Trinajstić information content (AvgIpc) is 2.61. The van der Waals surface area contributed by atoms with E-state index in [1.165, 1.54) is 0 Å². The molecule has 0 N–H and O–H groups in total. The van der Waals surface area contributed by atoms with E-state index in [0.717, 1.165) is 23.5 Å². The van der Waals surface area contributed by atoms with E-state index in [4.69, 9.17) is 16.3 Å². The number of hydrogen-bond donors (Lipinski definition) is 0. The van der Waals surface area contributed by atoms with Gasteiger partial charge in [0.25, 0.3) is 0 Å². The highest BCUT2D eigenvalue weighted by Gasteiger charge is 2.07. The lowest BCUT2D eigenvalue weighted by atomic mass is 10.3. The summed E-state index contributed by atoms with van der Waals surface area (Å²) < 4.78 is 6.63. The van der Waals surface area contributed by atoms with Crippen LogP contribution >= 0.6 is 11.6 Å². The Balaban J connectivity index is 2.54. The first-order valence-corrected chi connectivity index (χ1v) is 5.15. The summed E-state index contributed by atoms with van der Waals surface area (Å²) in [5.41, 5.74) is 2.57. The zero-order valence-corrected chi connectivity index (χ0v) is 9.45. The number of nitrogens with zero attached hydrogens (tertiary/aromatic N) is 3. The molecule has 0 aromatic carbocycles. The van der Waals surface area contributed by atoms with Gasteiger partial charge < -0.3 is 4.74 Å². The number of aryl methyl sites for hydroxylation is 1. The van der Waals surface area contributed by atoms with Crippen molar-refractivity contribution in [3.63, 3.8) is 0 Å². The van der Waals surface area contributed by atoms with Crippen LogP contribution in [0.15, 0.2) is 12.1 Å². The number of aromatic nitrogens is 3. The number of hydrogen-bond acceptors (Lipinski definition) is 3. The molecule has 5 heteroatoms. The molecule has 0 saturated heterocycles. The molecule has 0 unspecified atom stereocenters. The van der Waals surface area contributed by atoms with E-state index >= 15 is 0 Å². The highest BCUT2D eigenvalue weighted by atomic mass is 35.5. The number of halogens is 1. The van der Waals surface area contributed by atoms with E-state index in [9.17, 15) is 0 Å². The highest BCUT2D eigenvalue weighted by Crippen LogP contribution is 2.14. The predicted octanol–water partition coefficient (Wildman–Crippen LogP) is 2.09. The van der Waals surface area contributed by atoms with E-state index in [1.807, 2.05) is 19.1 Å². The number of rotatable bonds is 3.